The van der Waals surface area contributed by atoms with Gasteiger partial charge in [0.25, 0.3) is 0 Å². The SMILES string of the molecule is Cc1nc(C2CN(Cc3cn4cccc(C)c4n3)CCO2)n[nH]1. The molecule has 0 aliphatic carbocycles. The Kier molecular flexibility index (Phi) is 3.59. The van der Waals surface area contributed by atoms with Gasteiger partial charge >= 0.3 is 0 Å². The molecular weight excluding hydrogens is 292 g/mol. The highest BCUT2D eigenvalue weighted by Crippen LogP contribution is 2.20. The first-order valence-electron chi connectivity index (χ1n) is 7.85. The monoisotopic (exact) mass is 312 g/mol. The molecule has 7 nitrogen and oxygen atoms in total. The van der Waals surface area contributed by atoms with E-state index in [2.05, 4.69) is 43.7 Å². The van der Waals surface area contributed by atoms with Gasteiger partial charge in [0, 0.05) is 32.0 Å². The predicted octanol–water partition coefficient (Wildman–Crippen LogP) is 1.64. The van der Waals surface area contributed by atoms with Crippen LogP contribution in [0.1, 0.15) is 29.0 Å². The summed E-state index contributed by atoms with van der Waals surface area (Å²) in [6, 6.07) is 4.13. The van der Waals surface area contributed by atoms with E-state index in [4.69, 9.17) is 9.72 Å². The summed E-state index contributed by atoms with van der Waals surface area (Å²) in [5, 5.41) is 7.10. The Morgan fingerprint density at radius 3 is 3.04 bits per heavy atom. The summed E-state index contributed by atoms with van der Waals surface area (Å²) < 4.78 is 7.90. The maximum Gasteiger partial charge on any atom is 0.180 e. The van der Waals surface area contributed by atoms with E-state index in [-0.39, 0.29) is 6.10 Å². The molecule has 0 amide bonds. The number of morpholine rings is 1. The molecule has 0 aromatic carbocycles. The summed E-state index contributed by atoms with van der Waals surface area (Å²) in [4.78, 5) is 11.5. The third kappa shape index (κ3) is 2.85. The normalized spacial score (nSPS) is 19.5. The molecule has 4 heterocycles. The molecular formula is C16H20N6O. The van der Waals surface area contributed by atoms with Gasteiger partial charge in [0.2, 0.25) is 0 Å². The average molecular weight is 312 g/mol. The number of ether oxygens (including phenoxy) is 1. The molecule has 1 atom stereocenters. The minimum absolute atomic E-state index is 0.0764. The third-order valence-electron chi connectivity index (χ3n) is 4.17. The van der Waals surface area contributed by atoms with Crippen molar-refractivity contribution in [3.05, 3.63) is 47.4 Å². The average Bonchev–Trinajstić information content (AvgIpc) is 3.14. The number of nitrogens with zero attached hydrogens (tertiary/aromatic N) is 5. The minimum atomic E-state index is -0.0764. The molecule has 0 spiro atoms. The Bertz CT molecular complexity index is 823. The maximum absolute atomic E-state index is 5.81. The molecule has 1 N–H and O–H groups in total. The van der Waals surface area contributed by atoms with Gasteiger partial charge in [0.1, 0.15) is 17.6 Å². The van der Waals surface area contributed by atoms with E-state index in [0.29, 0.717) is 6.61 Å². The largest absolute Gasteiger partial charge is 0.367 e. The molecule has 4 rings (SSSR count). The molecule has 1 fully saturated rings. The lowest BCUT2D eigenvalue weighted by Gasteiger charge is -2.30. The first-order chi connectivity index (χ1) is 11.2. The summed E-state index contributed by atoms with van der Waals surface area (Å²) in [7, 11) is 0. The number of aryl methyl sites for hydroxylation is 2. The van der Waals surface area contributed by atoms with Crippen molar-refractivity contribution in [1.29, 1.82) is 0 Å². The second kappa shape index (κ2) is 5.75. The maximum atomic E-state index is 5.81. The van der Waals surface area contributed by atoms with Gasteiger partial charge in [-0.05, 0) is 25.5 Å². The van der Waals surface area contributed by atoms with Gasteiger partial charge in [-0.3, -0.25) is 10.00 Å². The van der Waals surface area contributed by atoms with Crippen molar-refractivity contribution in [2.24, 2.45) is 0 Å². The zero-order chi connectivity index (χ0) is 15.8. The Morgan fingerprint density at radius 1 is 1.35 bits per heavy atom. The fourth-order valence-corrected chi connectivity index (χ4v) is 3.02. The summed E-state index contributed by atoms with van der Waals surface area (Å²) in [5.74, 6) is 1.55. The zero-order valence-corrected chi connectivity index (χ0v) is 13.4. The van der Waals surface area contributed by atoms with Crippen molar-refractivity contribution in [3.63, 3.8) is 0 Å². The van der Waals surface area contributed by atoms with E-state index in [1.165, 1.54) is 5.56 Å². The van der Waals surface area contributed by atoms with Crippen LogP contribution in [0, 0.1) is 13.8 Å². The molecule has 3 aromatic rings. The van der Waals surface area contributed by atoms with E-state index < -0.39 is 0 Å². The van der Waals surface area contributed by atoms with Gasteiger partial charge in [-0.2, -0.15) is 5.10 Å². The fourth-order valence-electron chi connectivity index (χ4n) is 3.02. The van der Waals surface area contributed by atoms with Crippen molar-refractivity contribution in [3.8, 4) is 0 Å². The van der Waals surface area contributed by atoms with Crippen molar-refractivity contribution < 1.29 is 4.74 Å². The van der Waals surface area contributed by atoms with Crippen molar-refractivity contribution in [2.75, 3.05) is 19.7 Å². The number of pyridine rings is 1. The highest BCUT2D eigenvalue weighted by molar-refractivity contribution is 5.47. The Morgan fingerprint density at radius 2 is 2.26 bits per heavy atom. The summed E-state index contributed by atoms with van der Waals surface area (Å²) in [5.41, 5.74) is 3.29. The van der Waals surface area contributed by atoms with Crippen molar-refractivity contribution in [2.45, 2.75) is 26.5 Å². The Labute approximate surface area is 134 Å². The number of hydrogen-bond donors (Lipinski definition) is 1. The molecule has 0 saturated carbocycles. The number of imidazole rings is 1. The number of aromatic amines is 1. The van der Waals surface area contributed by atoms with Crippen LogP contribution in [-0.2, 0) is 11.3 Å². The molecule has 120 valence electrons. The summed E-state index contributed by atoms with van der Waals surface area (Å²) in [6.45, 7) is 7.16. The Hall–Kier alpha value is -2.25. The van der Waals surface area contributed by atoms with Crippen LogP contribution >= 0.6 is 0 Å². The lowest BCUT2D eigenvalue weighted by atomic mass is 10.2. The first-order valence-corrected chi connectivity index (χ1v) is 7.85. The lowest BCUT2D eigenvalue weighted by Crippen LogP contribution is -2.38. The second-order valence-electron chi connectivity index (χ2n) is 6.03. The predicted molar refractivity (Wildman–Crippen MR) is 85.0 cm³/mol. The van der Waals surface area contributed by atoms with Gasteiger partial charge < -0.3 is 9.14 Å². The van der Waals surface area contributed by atoms with E-state index in [0.717, 1.165) is 42.6 Å². The molecule has 0 bridgehead atoms. The third-order valence-corrected chi connectivity index (χ3v) is 4.17. The molecule has 23 heavy (non-hydrogen) atoms. The number of nitrogens with one attached hydrogen (secondary N) is 1. The van der Waals surface area contributed by atoms with Crippen LogP contribution in [0.25, 0.3) is 5.65 Å². The number of rotatable bonds is 3. The highest BCUT2D eigenvalue weighted by atomic mass is 16.5. The van der Waals surface area contributed by atoms with Crippen LogP contribution in [-0.4, -0.2) is 49.2 Å². The smallest absolute Gasteiger partial charge is 0.180 e. The van der Waals surface area contributed by atoms with Crippen molar-refractivity contribution in [1.82, 2.24) is 29.5 Å². The fraction of sp³-hybridized carbons (Fsp3) is 0.438. The van der Waals surface area contributed by atoms with E-state index in [9.17, 15) is 0 Å². The van der Waals surface area contributed by atoms with Crippen LogP contribution in [0.4, 0.5) is 0 Å². The molecule has 1 aliphatic heterocycles. The van der Waals surface area contributed by atoms with Gasteiger partial charge in [-0.1, -0.05) is 6.07 Å². The lowest BCUT2D eigenvalue weighted by molar-refractivity contribution is -0.0373. The molecule has 1 aliphatic rings. The molecule has 7 heteroatoms. The highest BCUT2D eigenvalue weighted by Gasteiger charge is 2.25. The number of hydrogen-bond acceptors (Lipinski definition) is 5. The summed E-state index contributed by atoms with van der Waals surface area (Å²) in [6.07, 6.45) is 4.06. The van der Waals surface area contributed by atoms with Gasteiger partial charge in [-0.15, -0.1) is 0 Å². The van der Waals surface area contributed by atoms with Crippen LogP contribution in [0.15, 0.2) is 24.5 Å². The molecule has 0 radical (unpaired) electrons. The van der Waals surface area contributed by atoms with Gasteiger partial charge in [0.15, 0.2) is 5.82 Å². The van der Waals surface area contributed by atoms with Crippen LogP contribution < -0.4 is 0 Å². The number of fused-ring (bicyclic) bond motifs is 1. The number of H-pyrrole nitrogens is 1. The van der Waals surface area contributed by atoms with Crippen molar-refractivity contribution >= 4 is 5.65 Å². The molecule has 3 aromatic heterocycles. The van der Waals surface area contributed by atoms with E-state index >= 15 is 0 Å². The summed E-state index contributed by atoms with van der Waals surface area (Å²) >= 11 is 0. The van der Waals surface area contributed by atoms with E-state index in [1.54, 1.807) is 0 Å². The van der Waals surface area contributed by atoms with Crippen LogP contribution in [0.2, 0.25) is 0 Å². The molecule has 1 saturated heterocycles. The van der Waals surface area contributed by atoms with Gasteiger partial charge in [-0.25, -0.2) is 9.97 Å². The quantitative estimate of drug-likeness (QED) is 0.796. The second-order valence-corrected chi connectivity index (χ2v) is 6.03. The first kappa shape index (κ1) is 14.3. The molecule has 1 unspecified atom stereocenters. The van der Waals surface area contributed by atoms with E-state index in [1.807, 2.05) is 19.2 Å². The number of aromatic nitrogens is 5. The standard InChI is InChI=1S/C16H20N6O/c1-11-4-3-5-22-9-13(18-16(11)22)8-21-6-7-23-14(10-21)15-17-12(2)19-20-15/h3-5,9,14H,6-8,10H2,1-2H3,(H,17,19,20). The Balaban J connectivity index is 1.50. The zero-order valence-electron chi connectivity index (χ0n) is 13.4. The van der Waals surface area contributed by atoms with Crippen LogP contribution in [0.5, 0.6) is 0 Å². The van der Waals surface area contributed by atoms with Crippen LogP contribution in [0.3, 0.4) is 0 Å². The minimum Gasteiger partial charge on any atom is -0.367 e. The van der Waals surface area contributed by atoms with Gasteiger partial charge in [0.05, 0.1) is 12.3 Å². The topological polar surface area (TPSA) is 71.3 Å².